The summed E-state index contributed by atoms with van der Waals surface area (Å²) in [6.07, 6.45) is 6.17. The maximum atomic E-state index is 13.0. The van der Waals surface area contributed by atoms with Gasteiger partial charge in [-0.2, -0.15) is 0 Å². The molecule has 1 aliphatic rings. The highest BCUT2D eigenvalue weighted by atomic mass is 19.1. The van der Waals surface area contributed by atoms with Crippen molar-refractivity contribution in [1.82, 2.24) is 0 Å². The lowest BCUT2D eigenvalue weighted by molar-refractivity contribution is 0.0734. The van der Waals surface area contributed by atoms with Crippen LogP contribution in [0.4, 0.5) is 4.39 Å². The van der Waals surface area contributed by atoms with E-state index in [1.165, 1.54) is 67.5 Å². The van der Waals surface area contributed by atoms with Crippen molar-refractivity contribution in [3.8, 4) is 5.75 Å². The van der Waals surface area contributed by atoms with Crippen molar-refractivity contribution in [2.45, 2.75) is 50.9 Å². The number of hydrogen-bond acceptors (Lipinski definition) is 2. The van der Waals surface area contributed by atoms with Crippen LogP contribution in [0.15, 0.2) is 78.9 Å². The van der Waals surface area contributed by atoms with E-state index in [9.17, 15) is 9.18 Å². The lowest BCUT2D eigenvalue weighted by Crippen LogP contribution is -2.15. The van der Waals surface area contributed by atoms with Crippen molar-refractivity contribution in [2.75, 3.05) is 0 Å². The van der Waals surface area contributed by atoms with Gasteiger partial charge < -0.3 is 4.74 Å². The Kier molecular flexibility index (Phi) is 6.81. The van der Waals surface area contributed by atoms with Crippen LogP contribution in [0.3, 0.4) is 0 Å². The van der Waals surface area contributed by atoms with Crippen molar-refractivity contribution >= 4 is 5.97 Å². The molecule has 1 atom stereocenters. The molecule has 0 aromatic heterocycles. The van der Waals surface area contributed by atoms with E-state index >= 15 is 0 Å². The Bertz CT molecular complexity index is 972. The Morgan fingerprint density at radius 3 is 2.19 bits per heavy atom. The summed E-state index contributed by atoms with van der Waals surface area (Å²) in [7, 11) is 0. The van der Waals surface area contributed by atoms with Crippen LogP contribution in [0.5, 0.6) is 5.75 Å². The first-order valence-corrected chi connectivity index (χ1v) is 11.2. The minimum atomic E-state index is -0.420. The summed E-state index contributed by atoms with van der Waals surface area (Å²) in [6, 6.07) is 24.1. The lowest BCUT2D eigenvalue weighted by Gasteiger charge is -2.30. The number of ether oxygens (including phenoxy) is 1. The van der Waals surface area contributed by atoms with Crippen molar-refractivity contribution in [2.24, 2.45) is 5.92 Å². The minimum absolute atomic E-state index is 0.346. The summed E-state index contributed by atoms with van der Waals surface area (Å²) < 4.78 is 18.3. The van der Waals surface area contributed by atoms with Gasteiger partial charge in [0.05, 0.1) is 5.56 Å². The van der Waals surface area contributed by atoms with Gasteiger partial charge in [-0.3, -0.25) is 0 Å². The van der Waals surface area contributed by atoms with Gasteiger partial charge in [0.2, 0.25) is 0 Å². The molecule has 2 nitrogen and oxygen atoms in total. The van der Waals surface area contributed by atoms with Crippen molar-refractivity contribution in [1.29, 1.82) is 0 Å². The van der Waals surface area contributed by atoms with Crippen LogP contribution in [-0.2, 0) is 0 Å². The van der Waals surface area contributed by atoms with E-state index in [1.54, 1.807) is 0 Å². The fourth-order valence-electron chi connectivity index (χ4n) is 4.71. The van der Waals surface area contributed by atoms with E-state index in [1.807, 2.05) is 12.1 Å². The second-order valence-corrected chi connectivity index (χ2v) is 8.73. The van der Waals surface area contributed by atoms with Crippen LogP contribution in [0.2, 0.25) is 0 Å². The summed E-state index contributed by atoms with van der Waals surface area (Å²) >= 11 is 0. The third kappa shape index (κ3) is 5.61. The van der Waals surface area contributed by atoms with Crippen molar-refractivity contribution < 1.29 is 13.9 Å². The average molecular weight is 417 g/mol. The molecule has 1 unspecified atom stereocenters. The Morgan fingerprint density at radius 2 is 1.55 bits per heavy atom. The number of carbonyl (C=O) groups is 1. The zero-order valence-electron chi connectivity index (χ0n) is 18.0. The highest BCUT2D eigenvalue weighted by Gasteiger charge is 2.24. The normalized spacial score (nSPS) is 19.5. The number of esters is 1. The predicted octanol–water partition coefficient (Wildman–Crippen LogP) is 7.51. The Morgan fingerprint density at radius 1 is 0.903 bits per heavy atom. The molecule has 0 saturated heterocycles. The zero-order valence-corrected chi connectivity index (χ0v) is 18.0. The van der Waals surface area contributed by atoms with Crippen LogP contribution >= 0.6 is 0 Å². The van der Waals surface area contributed by atoms with Crippen LogP contribution in [0.1, 0.15) is 72.3 Å². The predicted molar refractivity (Wildman–Crippen MR) is 122 cm³/mol. The molecule has 4 rings (SSSR count). The maximum Gasteiger partial charge on any atom is 0.343 e. The topological polar surface area (TPSA) is 26.3 Å². The van der Waals surface area contributed by atoms with Gasteiger partial charge in [0.15, 0.2) is 0 Å². The molecular formula is C28H29FO2. The first kappa shape index (κ1) is 21.3. The van der Waals surface area contributed by atoms with Gasteiger partial charge >= 0.3 is 5.97 Å². The monoisotopic (exact) mass is 416 g/mol. The SMILES string of the molecule is CC(CC1CCC(c2ccc(C(=O)Oc3ccc(F)cc3)cc2)CC1)c1ccccc1. The van der Waals surface area contributed by atoms with E-state index < -0.39 is 5.97 Å². The molecule has 160 valence electrons. The van der Waals surface area contributed by atoms with Gasteiger partial charge in [0.25, 0.3) is 0 Å². The van der Waals surface area contributed by atoms with Gasteiger partial charge in [-0.05, 0) is 97.4 Å². The van der Waals surface area contributed by atoms with Crippen LogP contribution in [0.25, 0.3) is 0 Å². The fraction of sp³-hybridized carbons (Fsp3) is 0.321. The van der Waals surface area contributed by atoms with Gasteiger partial charge in [-0.25, -0.2) is 9.18 Å². The first-order valence-electron chi connectivity index (χ1n) is 11.2. The van der Waals surface area contributed by atoms with E-state index in [-0.39, 0.29) is 5.82 Å². The summed E-state index contributed by atoms with van der Waals surface area (Å²) in [6.45, 7) is 2.34. The first-order chi connectivity index (χ1) is 15.1. The van der Waals surface area contributed by atoms with Gasteiger partial charge in [-0.1, -0.05) is 49.4 Å². The quantitative estimate of drug-likeness (QED) is 0.307. The maximum absolute atomic E-state index is 13.0. The number of benzene rings is 3. The Balaban J connectivity index is 1.29. The smallest absolute Gasteiger partial charge is 0.343 e. The number of halogens is 1. The fourth-order valence-corrected chi connectivity index (χ4v) is 4.71. The number of carbonyl (C=O) groups excluding carboxylic acids is 1. The van der Waals surface area contributed by atoms with E-state index in [4.69, 9.17) is 4.74 Å². The summed E-state index contributed by atoms with van der Waals surface area (Å²) in [4.78, 5) is 12.3. The van der Waals surface area contributed by atoms with E-state index in [0.29, 0.717) is 23.1 Å². The largest absolute Gasteiger partial charge is 0.423 e. The molecule has 1 fully saturated rings. The standard InChI is InChI=1S/C28H29FO2/c1-20(22-5-3-2-4-6-22)19-21-7-9-23(10-8-21)24-11-13-25(14-12-24)28(30)31-27-17-15-26(29)16-18-27/h2-6,11-18,20-21,23H,7-10,19H2,1H3. The van der Waals surface area contributed by atoms with Gasteiger partial charge in [0, 0.05) is 0 Å². The molecule has 1 saturated carbocycles. The van der Waals surface area contributed by atoms with Gasteiger partial charge in [-0.15, -0.1) is 0 Å². The zero-order chi connectivity index (χ0) is 21.6. The summed E-state index contributed by atoms with van der Waals surface area (Å²) in [5.74, 6) is 1.53. The third-order valence-corrected chi connectivity index (χ3v) is 6.54. The average Bonchev–Trinajstić information content (AvgIpc) is 2.82. The van der Waals surface area contributed by atoms with Crippen LogP contribution < -0.4 is 4.74 Å². The van der Waals surface area contributed by atoms with Crippen LogP contribution in [0, 0.1) is 11.7 Å². The summed E-state index contributed by atoms with van der Waals surface area (Å²) in [5.41, 5.74) is 3.25. The second kappa shape index (κ2) is 9.91. The molecule has 0 heterocycles. The molecule has 0 spiro atoms. The van der Waals surface area contributed by atoms with Crippen molar-refractivity contribution in [3.63, 3.8) is 0 Å². The molecular weight excluding hydrogens is 387 g/mol. The van der Waals surface area contributed by atoms with Crippen LogP contribution in [-0.4, -0.2) is 5.97 Å². The summed E-state index contributed by atoms with van der Waals surface area (Å²) in [5, 5.41) is 0. The number of rotatable bonds is 6. The number of hydrogen-bond donors (Lipinski definition) is 0. The molecule has 0 bridgehead atoms. The molecule has 3 aromatic rings. The molecule has 0 aliphatic heterocycles. The molecule has 0 amide bonds. The molecule has 0 radical (unpaired) electrons. The molecule has 31 heavy (non-hydrogen) atoms. The van der Waals surface area contributed by atoms with E-state index in [2.05, 4.69) is 49.4 Å². The molecule has 0 N–H and O–H groups in total. The minimum Gasteiger partial charge on any atom is -0.423 e. The highest BCUT2D eigenvalue weighted by Crippen LogP contribution is 2.39. The Labute approximate surface area is 184 Å². The van der Waals surface area contributed by atoms with Crippen molar-refractivity contribution in [3.05, 3.63) is 101 Å². The molecule has 1 aliphatic carbocycles. The Hall–Kier alpha value is -2.94. The van der Waals surface area contributed by atoms with Gasteiger partial charge in [0.1, 0.15) is 11.6 Å². The highest BCUT2D eigenvalue weighted by molar-refractivity contribution is 5.91. The third-order valence-electron chi connectivity index (χ3n) is 6.54. The lowest BCUT2D eigenvalue weighted by atomic mass is 9.75. The van der Waals surface area contributed by atoms with E-state index in [0.717, 1.165) is 5.92 Å². The molecule has 3 aromatic carbocycles. The molecule has 3 heteroatoms. The second-order valence-electron chi connectivity index (χ2n) is 8.73.